The molecule has 1 atom stereocenters. The number of nitrogens with zero attached hydrogens (tertiary/aromatic N) is 2. The summed E-state index contributed by atoms with van der Waals surface area (Å²) in [6, 6.07) is 23.4. The Bertz CT molecular complexity index is 1070. The Labute approximate surface area is 188 Å². The van der Waals surface area contributed by atoms with Gasteiger partial charge < -0.3 is 15.0 Å². The van der Waals surface area contributed by atoms with Gasteiger partial charge in [0.25, 0.3) is 11.8 Å². The van der Waals surface area contributed by atoms with E-state index in [1.807, 2.05) is 43.3 Å². The summed E-state index contributed by atoms with van der Waals surface area (Å²) < 4.78 is 6.16. The number of pyridine rings is 1. The lowest BCUT2D eigenvalue weighted by molar-refractivity contribution is -0.157. The van der Waals surface area contributed by atoms with Crippen molar-refractivity contribution in [2.24, 2.45) is 0 Å². The topological polar surface area (TPSA) is 71.5 Å². The highest BCUT2D eigenvalue weighted by Crippen LogP contribution is 2.30. The van der Waals surface area contributed by atoms with Gasteiger partial charge in [-0.3, -0.25) is 14.6 Å². The summed E-state index contributed by atoms with van der Waals surface area (Å²) in [7, 11) is 0. The summed E-state index contributed by atoms with van der Waals surface area (Å²) in [6.07, 6.45) is 1.96. The largest absolute Gasteiger partial charge is 0.361 e. The minimum absolute atomic E-state index is 0.164. The zero-order valence-electron chi connectivity index (χ0n) is 18.2. The van der Waals surface area contributed by atoms with Gasteiger partial charge in [-0.05, 0) is 35.7 Å². The van der Waals surface area contributed by atoms with Crippen molar-refractivity contribution < 1.29 is 14.3 Å². The molecule has 2 amide bonds. The molecule has 2 aromatic carbocycles. The first-order chi connectivity index (χ1) is 15.6. The normalized spacial score (nSPS) is 18.2. The van der Waals surface area contributed by atoms with Gasteiger partial charge in [0.1, 0.15) is 5.69 Å². The number of benzene rings is 2. The molecule has 6 heteroatoms. The van der Waals surface area contributed by atoms with E-state index in [0.29, 0.717) is 25.2 Å². The summed E-state index contributed by atoms with van der Waals surface area (Å²) in [5, 5.41) is 2.92. The number of aromatic nitrogens is 1. The van der Waals surface area contributed by atoms with Gasteiger partial charge >= 0.3 is 0 Å². The second-order valence-corrected chi connectivity index (χ2v) is 7.84. The Morgan fingerprint density at radius 1 is 1.03 bits per heavy atom. The third-order valence-electron chi connectivity index (χ3n) is 5.69. The van der Waals surface area contributed by atoms with Gasteiger partial charge in [0.05, 0.1) is 13.2 Å². The van der Waals surface area contributed by atoms with Gasteiger partial charge in [-0.25, -0.2) is 0 Å². The number of carbonyl (C=O) groups is 2. The van der Waals surface area contributed by atoms with E-state index in [9.17, 15) is 9.59 Å². The molecule has 2 heterocycles. The Hall–Kier alpha value is -3.51. The highest BCUT2D eigenvalue weighted by molar-refractivity contribution is 5.94. The smallest absolute Gasteiger partial charge is 0.272 e. The fraction of sp³-hybridized carbons (Fsp3) is 0.269. The van der Waals surface area contributed by atoms with Crippen molar-refractivity contribution in [2.45, 2.75) is 18.9 Å². The van der Waals surface area contributed by atoms with Crippen molar-refractivity contribution in [3.05, 3.63) is 90.3 Å². The van der Waals surface area contributed by atoms with Gasteiger partial charge in [-0.15, -0.1) is 0 Å². The molecular formula is C26H27N3O3. The number of carbonyl (C=O) groups excluding carboxylic acids is 2. The summed E-state index contributed by atoms with van der Waals surface area (Å²) in [6.45, 7) is 3.22. The average Bonchev–Trinajstić information content (AvgIpc) is 2.85. The first-order valence-corrected chi connectivity index (χ1v) is 10.9. The van der Waals surface area contributed by atoms with Gasteiger partial charge in [0, 0.05) is 25.7 Å². The molecule has 0 spiro atoms. The summed E-state index contributed by atoms with van der Waals surface area (Å²) in [5.74, 6) is -0.402. The van der Waals surface area contributed by atoms with E-state index in [4.69, 9.17) is 4.74 Å². The molecule has 1 fully saturated rings. The van der Waals surface area contributed by atoms with Gasteiger partial charge in [-0.2, -0.15) is 0 Å². The second-order valence-electron chi connectivity index (χ2n) is 7.84. The predicted molar refractivity (Wildman–Crippen MR) is 123 cm³/mol. The highest BCUT2D eigenvalue weighted by atomic mass is 16.5. The van der Waals surface area contributed by atoms with E-state index in [2.05, 4.69) is 28.5 Å². The minimum atomic E-state index is -1.18. The van der Waals surface area contributed by atoms with E-state index in [0.717, 1.165) is 16.7 Å². The van der Waals surface area contributed by atoms with Crippen LogP contribution in [-0.2, 0) is 16.0 Å². The van der Waals surface area contributed by atoms with E-state index in [1.54, 1.807) is 29.3 Å². The first kappa shape index (κ1) is 21.7. The van der Waals surface area contributed by atoms with E-state index in [1.165, 1.54) is 0 Å². The van der Waals surface area contributed by atoms with Crippen LogP contribution in [0.1, 0.15) is 23.0 Å². The van der Waals surface area contributed by atoms with Crippen LogP contribution >= 0.6 is 0 Å². The molecule has 4 rings (SSSR count). The van der Waals surface area contributed by atoms with Crippen molar-refractivity contribution in [3.63, 3.8) is 0 Å². The number of hydrogen-bond acceptors (Lipinski definition) is 4. The van der Waals surface area contributed by atoms with Crippen LogP contribution in [0, 0.1) is 0 Å². The average molecular weight is 430 g/mol. The molecule has 3 aromatic rings. The van der Waals surface area contributed by atoms with Crippen LogP contribution in [0.3, 0.4) is 0 Å². The zero-order chi connectivity index (χ0) is 22.4. The van der Waals surface area contributed by atoms with Crippen LogP contribution in [0.25, 0.3) is 11.1 Å². The molecule has 1 unspecified atom stereocenters. The number of likely N-dealkylation sites (N-methyl/N-ethyl adjacent to an activating group) is 1. The maximum atomic E-state index is 13.3. The molecule has 6 nitrogen and oxygen atoms in total. The van der Waals surface area contributed by atoms with Crippen molar-refractivity contribution >= 4 is 11.8 Å². The molecule has 1 aliphatic rings. The number of rotatable bonds is 6. The molecule has 0 saturated carbocycles. The molecule has 0 aliphatic carbocycles. The Morgan fingerprint density at radius 2 is 1.78 bits per heavy atom. The molecule has 0 bridgehead atoms. The molecule has 1 aromatic heterocycles. The van der Waals surface area contributed by atoms with Crippen LogP contribution < -0.4 is 5.32 Å². The van der Waals surface area contributed by atoms with Crippen LogP contribution in [0.15, 0.2) is 79.0 Å². The molecule has 0 radical (unpaired) electrons. The SMILES string of the molecule is CCNC(=O)C1(Cc2ccccc2-c2ccccc2)CN(C(=O)c2ccccn2)CCO1. The second kappa shape index (κ2) is 9.75. The van der Waals surface area contributed by atoms with Gasteiger partial charge in [0.15, 0.2) is 5.60 Å². The monoisotopic (exact) mass is 429 g/mol. The van der Waals surface area contributed by atoms with Crippen molar-refractivity contribution in [2.75, 3.05) is 26.2 Å². The molecular weight excluding hydrogens is 402 g/mol. The number of nitrogens with one attached hydrogen (secondary N) is 1. The van der Waals surface area contributed by atoms with Crippen molar-refractivity contribution in [1.82, 2.24) is 15.2 Å². The maximum absolute atomic E-state index is 13.3. The number of amides is 2. The third kappa shape index (κ3) is 4.55. The number of hydrogen-bond donors (Lipinski definition) is 1. The lowest BCUT2D eigenvalue weighted by Crippen LogP contribution is -2.62. The fourth-order valence-corrected chi connectivity index (χ4v) is 4.14. The molecule has 32 heavy (non-hydrogen) atoms. The van der Waals surface area contributed by atoms with Crippen LogP contribution in [-0.4, -0.2) is 53.5 Å². The Kier molecular flexibility index (Phi) is 6.61. The van der Waals surface area contributed by atoms with Gasteiger partial charge in [0.2, 0.25) is 0 Å². The zero-order valence-corrected chi connectivity index (χ0v) is 18.2. The Balaban J connectivity index is 1.68. The number of ether oxygens (including phenoxy) is 1. The van der Waals surface area contributed by atoms with E-state index in [-0.39, 0.29) is 25.0 Å². The van der Waals surface area contributed by atoms with Gasteiger partial charge in [-0.1, -0.05) is 60.7 Å². The van der Waals surface area contributed by atoms with Crippen molar-refractivity contribution in [3.8, 4) is 11.1 Å². The third-order valence-corrected chi connectivity index (χ3v) is 5.69. The maximum Gasteiger partial charge on any atom is 0.272 e. The van der Waals surface area contributed by atoms with Crippen LogP contribution in [0.2, 0.25) is 0 Å². The summed E-state index contributed by atoms with van der Waals surface area (Å²) in [5.41, 5.74) is 2.31. The molecule has 1 aliphatic heterocycles. The standard InChI is InChI=1S/C26H27N3O3/c1-2-27-25(31)26(18-21-12-6-7-13-22(21)20-10-4-3-5-11-20)19-29(16-17-32-26)24(30)23-14-8-9-15-28-23/h3-15H,2,16-19H2,1H3,(H,27,31). The molecule has 1 N–H and O–H groups in total. The lowest BCUT2D eigenvalue weighted by atomic mass is 9.87. The quantitative estimate of drug-likeness (QED) is 0.652. The molecule has 1 saturated heterocycles. The van der Waals surface area contributed by atoms with Crippen LogP contribution in [0.4, 0.5) is 0 Å². The first-order valence-electron chi connectivity index (χ1n) is 10.9. The highest BCUT2D eigenvalue weighted by Gasteiger charge is 2.45. The van der Waals surface area contributed by atoms with E-state index >= 15 is 0 Å². The minimum Gasteiger partial charge on any atom is -0.361 e. The molecule has 164 valence electrons. The summed E-state index contributed by atoms with van der Waals surface area (Å²) in [4.78, 5) is 32.2. The lowest BCUT2D eigenvalue weighted by Gasteiger charge is -2.41. The fourth-order valence-electron chi connectivity index (χ4n) is 4.14. The van der Waals surface area contributed by atoms with E-state index < -0.39 is 5.60 Å². The van der Waals surface area contributed by atoms with Crippen molar-refractivity contribution in [1.29, 1.82) is 0 Å². The summed E-state index contributed by atoms with van der Waals surface area (Å²) >= 11 is 0. The number of morpholine rings is 1. The van der Waals surface area contributed by atoms with Crippen LogP contribution in [0.5, 0.6) is 0 Å². The predicted octanol–water partition coefficient (Wildman–Crippen LogP) is 3.34. The Morgan fingerprint density at radius 3 is 2.53 bits per heavy atom.